The molecule has 0 N–H and O–H groups in total. The normalized spacial score (nSPS) is 15.0. The van der Waals surface area contributed by atoms with E-state index in [1.807, 2.05) is 20.8 Å². The number of hydrogen-bond acceptors (Lipinski definition) is 3. The van der Waals surface area contributed by atoms with Crippen molar-refractivity contribution in [1.82, 2.24) is 0 Å². The Morgan fingerprint density at radius 1 is 1.21 bits per heavy atom. The van der Waals surface area contributed by atoms with Crippen LogP contribution in [0.2, 0.25) is 0 Å². The van der Waals surface area contributed by atoms with E-state index in [9.17, 15) is 9.00 Å². The van der Waals surface area contributed by atoms with Crippen molar-refractivity contribution in [1.29, 1.82) is 0 Å². The Morgan fingerprint density at radius 3 is 1.93 bits per heavy atom. The van der Waals surface area contributed by atoms with E-state index in [0.717, 1.165) is 0 Å². The van der Waals surface area contributed by atoms with Gasteiger partial charge in [-0.1, -0.05) is 0 Å². The average Bonchev–Trinajstić information content (AvgIpc) is 2.00. The summed E-state index contributed by atoms with van der Waals surface area (Å²) in [5.74, 6) is 0.0264. The third kappa shape index (κ3) is 3.78. The van der Waals surface area contributed by atoms with Crippen molar-refractivity contribution in [2.24, 2.45) is 5.41 Å². The molecule has 0 aromatic rings. The Hall–Kier alpha value is -0.380. The molecule has 0 aliphatic carbocycles. The zero-order valence-electron chi connectivity index (χ0n) is 9.84. The van der Waals surface area contributed by atoms with Gasteiger partial charge in [0.15, 0.2) is 0 Å². The highest BCUT2D eigenvalue weighted by Crippen LogP contribution is 2.23. The second-order valence-corrected chi connectivity index (χ2v) is 7.18. The van der Waals surface area contributed by atoms with Crippen molar-refractivity contribution in [2.45, 2.75) is 39.4 Å². The number of rotatable bonds is 3. The summed E-state index contributed by atoms with van der Waals surface area (Å²) < 4.78 is 16.2. The Kier molecular flexibility index (Phi) is 4.31. The Bertz CT molecular complexity index is 238. The molecule has 0 heterocycles. The molecule has 1 atom stereocenters. The molecule has 0 aliphatic rings. The molecule has 84 valence electrons. The smallest absolute Gasteiger partial charge is 0.312 e. The summed E-state index contributed by atoms with van der Waals surface area (Å²) in [6.07, 6.45) is 0. The average molecular weight is 220 g/mol. The standard InChI is InChI=1S/C10H20O3S/c1-9(2,3)14(12)7-10(4,5)8(11)13-6/h7H2,1-6H3. The van der Waals surface area contributed by atoms with Gasteiger partial charge in [-0.15, -0.1) is 0 Å². The Labute approximate surface area is 88.7 Å². The van der Waals surface area contributed by atoms with Gasteiger partial charge in [-0.05, 0) is 34.6 Å². The number of carbonyl (C=O) groups excluding carboxylic acids is 1. The minimum atomic E-state index is -1.03. The SMILES string of the molecule is COC(=O)C(C)(C)CS(=O)C(C)(C)C. The van der Waals surface area contributed by atoms with Crippen LogP contribution in [0.25, 0.3) is 0 Å². The van der Waals surface area contributed by atoms with Gasteiger partial charge >= 0.3 is 5.97 Å². The minimum absolute atomic E-state index is 0.286. The maximum absolute atomic E-state index is 11.8. The van der Waals surface area contributed by atoms with Crippen molar-refractivity contribution in [2.75, 3.05) is 12.9 Å². The zero-order valence-corrected chi connectivity index (χ0v) is 10.7. The molecule has 0 aromatic carbocycles. The molecule has 1 unspecified atom stereocenters. The highest BCUT2D eigenvalue weighted by molar-refractivity contribution is 7.86. The number of hydrogen-bond donors (Lipinski definition) is 0. The van der Waals surface area contributed by atoms with Crippen LogP contribution in [-0.2, 0) is 20.3 Å². The van der Waals surface area contributed by atoms with Crippen LogP contribution >= 0.6 is 0 Å². The first-order valence-electron chi connectivity index (χ1n) is 4.58. The fraction of sp³-hybridized carbons (Fsp3) is 0.900. The maximum Gasteiger partial charge on any atom is 0.312 e. The third-order valence-electron chi connectivity index (χ3n) is 1.91. The van der Waals surface area contributed by atoms with Crippen LogP contribution < -0.4 is 0 Å². The molecule has 4 heteroatoms. The maximum atomic E-state index is 11.8. The Morgan fingerprint density at radius 2 is 1.64 bits per heavy atom. The van der Waals surface area contributed by atoms with E-state index in [-0.39, 0.29) is 10.7 Å². The lowest BCUT2D eigenvalue weighted by atomic mass is 9.97. The van der Waals surface area contributed by atoms with Crippen molar-refractivity contribution in [3.05, 3.63) is 0 Å². The fourth-order valence-electron chi connectivity index (χ4n) is 0.879. The first-order chi connectivity index (χ1) is 6.11. The molecule has 0 aliphatic heterocycles. The zero-order chi connectivity index (χ0) is 11.6. The van der Waals surface area contributed by atoms with Crippen molar-refractivity contribution in [3.8, 4) is 0 Å². The summed E-state index contributed by atoms with van der Waals surface area (Å²) in [6.45, 7) is 9.20. The molecule has 0 radical (unpaired) electrons. The predicted molar refractivity (Wildman–Crippen MR) is 58.6 cm³/mol. The molecular formula is C10H20O3S. The molecule has 3 nitrogen and oxygen atoms in total. The van der Waals surface area contributed by atoms with E-state index < -0.39 is 16.2 Å². The van der Waals surface area contributed by atoms with Crippen LogP contribution in [0.1, 0.15) is 34.6 Å². The first-order valence-corrected chi connectivity index (χ1v) is 5.90. The molecule has 0 rings (SSSR count). The number of ether oxygens (including phenoxy) is 1. The van der Waals surface area contributed by atoms with E-state index in [0.29, 0.717) is 5.75 Å². The second kappa shape index (κ2) is 4.43. The largest absolute Gasteiger partial charge is 0.469 e. The van der Waals surface area contributed by atoms with E-state index in [1.165, 1.54) is 7.11 Å². The van der Waals surface area contributed by atoms with Gasteiger partial charge < -0.3 is 4.74 Å². The van der Waals surface area contributed by atoms with Gasteiger partial charge in [-0.3, -0.25) is 9.00 Å². The first kappa shape index (κ1) is 13.6. The van der Waals surface area contributed by atoms with Crippen LogP contribution in [0.15, 0.2) is 0 Å². The van der Waals surface area contributed by atoms with Crippen LogP contribution in [0, 0.1) is 5.41 Å². The van der Waals surface area contributed by atoms with E-state index in [1.54, 1.807) is 13.8 Å². The third-order valence-corrected chi connectivity index (χ3v) is 4.26. The molecule has 0 bridgehead atoms. The topological polar surface area (TPSA) is 43.4 Å². The predicted octanol–water partition coefficient (Wildman–Crippen LogP) is 1.73. The van der Waals surface area contributed by atoms with Gasteiger partial charge in [0.2, 0.25) is 0 Å². The quantitative estimate of drug-likeness (QED) is 0.680. The van der Waals surface area contributed by atoms with Gasteiger partial charge in [0.05, 0.1) is 12.5 Å². The van der Waals surface area contributed by atoms with Crippen LogP contribution in [0.4, 0.5) is 0 Å². The fourth-order valence-corrected chi connectivity index (χ4v) is 2.09. The van der Waals surface area contributed by atoms with E-state index in [2.05, 4.69) is 4.74 Å². The van der Waals surface area contributed by atoms with Gasteiger partial charge in [-0.25, -0.2) is 0 Å². The van der Waals surface area contributed by atoms with Crippen LogP contribution in [0.3, 0.4) is 0 Å². The molecule has 0 spiro atoms. The highest BCUT2D eigenvalue weighted by atomic mass is 32.2. The van der Waals surface area contributed by atoms with Gasteiger partial charge in [-0.2, -0.15) is 0 Å². The van der Waals surface area contributed by atoms with Crippen molar-refractivity contribution < 1.29 is 13.7 Å². The molecule has 0 aromatic heterocycles. The number of esters is 1. The molecular weight excluding hydrogens is 200 g/mol. The summed E-state index contributed by atoms with van der Waals surface area (Å²) in [5.41, 5.74) is -0.674. The van der Waals surface area contributed by atoms with Gasteiger partial charge in [0.25, 0.3) is 0 Å². The lowest BCUT2D eigenvalue weighted by molar-refractivity contribution is -0.149. The second-order valence-electron chi connectivity index (χ2n) is 4.98. The van der Waals surface area contributed by atoms with Gasteiger partial charge in [0, 0.05) is 21.3 Å². The number of methoxy groups -OCH3 is 1. The monoisotopic (exact) mass is 220 g/mol. The van der Waals surface area contributed by atoms with Crippen molar-refractivity contribution in [3.63, 3.8) is 0 Å². The van der Waals surface area contributed by atoms with Gasteiger partial charge in [0.1, 0.15) is 0 Å². The molecule has 0 fully saturated rings. The highest BCUT2D eigenvalue weighted by Gasteiger charge is 2.34. The molecule has 0 saturated heterocycles. The van der Waals surface area contributed by atoms with Crippen LogP contribution in [-0.4, -0.2) is 27.8 Å². The van der Waals surface area contributed by atoms with E-state index in [4.69, 9.17) is 0 Å². The Balaban J connectivity index is 4.53. The summed E-state index contributed by atoms with van der Waals surface area (Å²) >= 11 is 0. The molecule has 0 saturated carbocycles. The molecule has 0 amide bonds. The summed E-state index contributed by atoms with van der Waals surface area (Å²) in [5, 5.41) is 0. The minimum Gasteiger partial charge on any atom is -0.469 e. The summed E-state index contributed by atoms with van der Waals surface area (Å²) in [7, 11) is 0.321. The lowest BCUT2D eigenvalue weighted by Crippen LogP contribution is -2.36. The van der Waals surface area contributed by atoms with Crippen LogP contribution in [0.5, 0.6) is 0 Å². The summed E-state index contributed by atoms with van der Waals surface area (Å²) in [4.78, 5) is 11.3. The lowest BCUT2D eigenvalue weighted by Gasteiger charge is -2.26. The summed E-state index contributed by atoms with van der Waals surface area (Å²) in [6, 6.07) is 0. The molecule has 14 heavy (non-hydrogen) atoms. The van der Waals surface area contributed by atoms with Crippen molar-refractivity contribution >= 4 is 16.8 Å². The van der Waals surface area contributed by atoms with E-state index >= 15 is 0 Å². The number of carbonyl (C=O) groups is 1.